The highest BCUT2D eigenvalue weighted by molar-refractivity contribution is 6.03. The van der Waals surface area contributed by atoms with E-state index in [4.69, 9.17) is 0 Å². The zero-order chi connectivity index (χ0) is 13.4. The summed E-state index contributed by atoms with van der Waals surface area (Å²) in [6.45, 7) is 0. The third-order valence-electron chi connectivity index (χ3n) is 3.59. The smallest absolute Gasteiger partial charge is 0.232 e. The highest BCUT2D eigenvalue weighted by Crippen LogP contribution is 2.22. The number of amides is 2. The Kier molecular flexibility index (Phi) is 2.78. The van der Waals surface area contributed by atoms with Gasteiger partial charge in [0.2, 0.25) is 11.8 Å². The lowest BCUT2D eigenvalue weighted by Gasteiger charge is -2.08. The molecule has 1 fully saturated rings. The molecule has 0 aliphatic carbocycles. The van der Waals surface area contributed by atoms with E-state index < -0.39 is 0 Å². The first-order chi connectivity index (χ1) is 9.15. The van der Waals surface area contributed by atoms with Crippen LogP contribution in [0.25, 0.3) is 10.9 Å². The van der Waals surface area contributed by atoms with Crippen molar-refractivity contribution in [2.45, 2.75) is 12.8 Å². The molecule has 1 aromatic carbocycles. The second-order valence-electron chi connectivity index (χ2n) is 4.89. The van der Waals surface area contributed by atoms with Crippen LogP contribution < -0.4 is 0 Å². The van der Waals surface area contributed by atoms with Gasteiger partial charge in [0.1, 0.15) is 0 Å². The Morgan fingerprint density at radius 1 is 1.21 bits per heavy atom. The van der Waals surface area contributed by atoms with Gasteiger partial charge in [-0.3, -0.25) is 19.5 Å². The standard InChI is InChI=1S/C15H14N2O2/c1-17-14(18)9-11(15(17)19)8-12-7-6-10-4-2-3-5-13(10)16-12/h2-7,11H,8-9H2,1H3. The highest BCUT2D eigenvalue weighted by Gasteiger charge is 2.35. The lowest BCUT2D eigenvalue weighted by Crippen LogP contribution is -2.26. The summed E-state index contributed by atoms with van der Waals surface area (Å²) >= 11 is 0. The summed E-state index contributed by atoms with van der Waals surface area (Å²) in [6.07, 6.45) is 0.823. The molecule has 2 aromatic rings. The molecule has 96 valence electrons. The monoisotopic (exact) mass is 254 g/mol. The van der Waals surface area contributed by atoms with Crippen LogP contribution in [-0.2, 0) is 16.0 Å². The van der Waals surface area contributed by atoms with E-state index in [2.05, 4.69) is 4.98 Å². The second-order valence-corrected chi connectivity index (χ2v) is 4.89. The van der Waals surface area contributed by atoms with Gasteiger partial charge in [-0.15, -0.1) is 0 Å². The van der Waals surface area contributed by atoms with E-state index >= 15 is 0 Å². The van der Waals surface area contributed by atoms with Crippen LogP contribution in [0, 0.1) is 5.92 Å². The quantitative estimate of drug-likeness (QED) is 0.768. The predicted octanol–water partition coefficient (Wildman–Crippen LogP) is 1.78. The number of aromatic nitrogens is 1. The third-order valence-corrected chi connectivity index (χ3v) is 3.59. The summed E-state index contributed by atoms with van der Waals surface area (Å²) in [6, 6.07) is 11.8. The molecular weight excluding hydrogens is 240 g/mol. The van der Waals surface area contributed by atoms with Crippen LogP contribution in [0.3, 0.4) is 0 Å². The number of imide groups is 1. The number of benzene rings is 1. The molecule has 19 heavy (non-hydrogen) atoms. The number of pyridine rings is 1. The van der Waals surface area contributed by atoms with Crippen LogP contribution in [0.5, 0.6) is 0 Å². The molecule has 0 spiro atoms. The van der Waals surface area contributed by atoms with Gasteiger partial charge >= 0.3 is 0 Å². The van der Waals surface area contributed by atoms with Crippen LogP contribution in [0.1, 0.15) is 12.1 Å². The van der Waals surface area contributed by atoms with Crippen LogP contribution in [0.4, 0.5) is 0 Å². The van der Waals surface area contributed by atoms with Gasteiger partial charge in [0.25, 0.3) is 0 Å². The van der Waals surface area contributed by atoms with Crippen molar-refractivity contribution in [1.29, 1.82) is 0 Å². The molecule has 1 aromatic heterocycles. The maximum atomic E-state index is 11.9. The molecule has 0 saturated carbocycles. The summed E-state index contributed by atoms with van der Waals surface area (Å²) < 4.78 is 0. The number of carbonyl (C=O) groups is 2. The molecule has 3 rings (SSSR count). The van der Waals surface area contributed by atoms with Crippen molar-refractivity contribution in [1.82, 2.24) is 9.88 Å². The molecule has 1 atom stereocenters. The number of hydrogen-bond acceptors (Lipinski definition) is 3. The number of rotatable bonds is 2. The number of nitrogens with zero attached hydrogens (tertiary/aromatic N) is 2. The van der Waals surface area contributed by atoms with Crippen molar-refractivity contribution in [2.75, 3.05) is 7.05 Å². The predicted molar refractivity (Wildman–Crippen MR) is 71.3 cm³/mol. The Balaban J connectivity index is 1.86. The van der Waals surface area contributed by atoms with Crippen LogP contribution in [0.15, 0.2) is 36.4 Å². The topological polar surface area (TPSA) is 50.3 Å². The summed E-state index contributed by atoms with van der Waals surface area (Å²) in [5.41, 5.74) is 1.78. The van der Waals surface area contributed by atoms with Crippen LogP contribution in [-0.4, -0.2) is 28.7 Å². The average molecular weight is 254 g/mol. The van der Waals surface area contributed by atoms with Gasteiger partial charge in [-0.05, 0) is 12.1 Å². The number of hydrogen-bond donors (Lipinski definition) is 0. The van der Waals surface area contributed by atoms with E-state index in [0.29, 0.717) is 12.8 Å². The van der Waals surface area contributed by atoms with Crippen molar-refractivity contribution in [3.05, 3.63) is 42.1 Å². The zero-order valence-electron chi connectivity index (χ0n) is 10.7. The summed E-state index contributed by atoms with van der Waals surface area (Å²) in [7, 11) is 1.54. The minimum atomic E-state index is -0.258. The van der Waals surface area contributed by atoms with Crippen molar-refractivity contribution < 1.29 is 9.59 Å². The lowest BCUT2D eigenvalue weighted by atomic mass is 10.0. The van der Waals surface area contributed by atoms with E-state index in [9.17, 15) is 9.59 Å². The normalized spacial score (nSPS) is 19.4. The SMILES string of the molecule is CN1C(=O)CC(Cc2ccc3ccccc3n2)C1=O. The van der Waals surface area contributed by atoms with E-state index in [-0.39, 0.29) is 17.7 Å². The molecule has 4 nitrogen and oxygen atoms in total. The van der Waals surface area contributed by atoms with Gasteiger partial charge in [-0.1, -0.05) is 24.3 Å². The molecule has 1 aliphatic heterocycles. The van der Waals surface area contributed by atoms with Gasteiger partial charge < -0.3 is 0 Å². The molecule has 0 N–H and O–H groups in total. The molecule has 0 radical (unpaired) electrons. The van der Waals surface area contributed by atoms with Crippen LogP contribution in [0.2, 0.25) is 0 Å². The fraction of sp³-hybridized carbons (Fsp3) is 0.267. The zero-order valence-corrected chi connectivity index (χ0v) is 10.7. The number of fused-ring (bicyclic) bond motifs is 1. The largest absolute Gasteiger partial charge is 0.285 e. The van der Waals surface area contributed by atoms with E-state index in [1.54, 1.807) is 7.05 Å². The summed E-state index contributed by atoms with van der Waals surface area (Å²) in [5.74, 6) is -0.457. The van der Waals surface area contributed by atoms with Gasteiger partial charge in [0.15, 0.2) is 0 Å². The fourth-order valence-corrected chi connectivity index (χ4v) is 2.47. The minimum Gasteiger partial charge on any atom is -0.285 e. The first-order valence-electron chi connectivity index (χ1n) is 6.30. The second kappa shape index (κ2) is 4.46. The Labute approximate surface area is 111 Å². The molecule has 0 bridgehead atoms. The van der Waals surface area contributed by atoms with Crippen molar-refractivity contribution >= 4 is 22.7 Å². The third kappa shape index (κ3) is 2.10. The Morgan fingerprint density at radius 3 is 2.74 bits per heavy atom. The van der Waals surface area contributed by atoms with Crippen LogP contribution >= 0.6 is 0 Å². The first kappa shape index (κ1) is 11.8. The lowest BCUT2D eigenvalue weighted by molar-refractivity contribution is -0.137. The molecule has 2 amide bonds. The minimum absolute atomic E-state index is 0.0973. The van der Waals surface area contributed by atoms with Crippen molar-refractivity contribution in [3.63, 3.8) is 0 Å². The maximum absolute atomic E-state index is 11.9. The number of para-hydroxylation sites is 1. The molecule has 1 saturated heterocycles. The summed E-state index contributed by atoms with van der Waals surface area (Å²) in [4.78, 5) is 29.1. The maximum Gasteiger partial charge on any atom is 0.232 e. The molecule has 4 heteroatoms. The van der Waals surface area contributed by atoms with Crippen molar-refractivity contribution in [2.24, 2.45) is 5.92 Å². The Hall–Kier alpha value is -2.23. The fourth-order valence-electron chi connectivity index (χ4n) is 2.47. The van der Waals surface area contributed by atoms with Crippen molar-refractivity contribution in [3.8, 4) is 0 Å². The van der Waals surface area contributed by atoms with Gasteiger partial charge in [-0.25, -0.2) is 0 Å². The molecule has 2 heterocycles. The van der Waals surface area contributed by atoms with Gasteiger partial charge in [0.05, 0.1) is 11.4 Å². The first-order valence-corrected chi connectivity index (χ1v) is 6.30. The Bertz CT molecular complexity index is 666. The van der Waals surface area contributed by atoms with Gasteiger partial charge in [-0.2, -0.15) is 0 Å². The summed E-state index contributed by atoms with van der Waals surface area (Å²) in [5, 5.41) is 1.08. The highest BCUT2D eigenvalue weighted by atomic mass is 16.2. The van der Waals surface area contributed by atoms with Gasteiger partial charge in [0, 0.05) is 31.0 Å². The van der Waals surface area contributed by atoms with E-state index in [1.807, 2.05) is 36.4 Å². The molecular formula is C15H14N2O2. The number of likely N-dealkylation sites (tertiary alicyclic amines) is 1. The molecule has 1 aliphatic rings. The van der Waals surface area contributed by atoms with E-state index in [0.717, 1.165) is 16.6 Å². The number of carbonyl (C=O) groups excluding carboxylic acids is 2. The average Bonchev–Trinajstić information content (AvgIpc) is 2.66. The molecule has 1 unspecified atom stereocenters. The Morgan fingerprint density at radius 2 is 2.00 bits per heavy atom. The van der Waals surface area contributed by atoms with E-state index in [1.165, 1.54) is 4.90 Å².